The maximum absolute atomic E-state index is 11.6. The normalized spacial score (nSPS) is 13.8. The molecule has 0 saturated heterocycles. The van der Waals surface area contributed by atoms with Crippen LogP contribution in [-0.2, 0) is 19.1 Å². The Morgan fingerprint density at radius 3 is 2.39 bits per heavy atom. The van der Waals surface area contributed by atoms with Crippen molar-refractivity contribution < 1.29 is 19.1 Å². The third-order valence-electron chi connectivity index (χ3n) is 2.35. The van der Waals surface area contributed by atoms with Crippen LogP contribution in [0.2, 0.25) is 0 Å². The molecule has 0 saturated carbocycles. The molecule has 0 aliphatic heterocycles. The molecule has 0 rings (SSSR count). The van der Waals surface area contributed by atoms with E-state index in [2.05, 4.69) is 4.74 Å². The Kier molecular flexibility index (Phi) is 9.77. The van der Waals surface area contributed by atoms with Gasteiger partial charge in [0.15, 0.2) is 0 Å². The molecule has 6 heteroatoms. The van der Waals surface area contributed by atoms with Crippen LogP contribution in [0.5, 0.6) is 0 Å². The molecule has 0 aromatic carbocycles. The third kappa shape index (κ3) is 6.86. The first kappa shape index (κ1) is 17.2. The fourth-order valence-corrected chi connectivity index (χ4v) is 2.65. The molecule has 5 nitrogen and oxygen atoms in total. The summed E-state index contributed by atoms with van der Waals surface area (Å²) in [4.78, 5) is 22.7. The van der Waals surface area contributed by atoms with Crippen LogP contribution in [0, 0.1) is 0 Å². The maximum atomic E-state index is 11.6. The summed E-state index contributed by atoms with van der Waals surface area (Å²) in [5, 5.41) is -0.167. The molecule has 0 aliphatic rings. The summed E-state index contributed by atoms with van der Waals surface area (Å²) in [6.07, 6.45) is 2.19. The fourth-order valence-electron chi connectivity index (χ4n) is 1.37. The minimum Gasteiger partial charge on any atom is -0.468 e. The van der Waals surface area contributed by atoms with Gasteiger partial charge >= 0.3 is 11.9 Å². The second-order valence-electron chi connectivity index (χ2n) is 3.82. The van der Waals surface area contributed by atoms with Gasteiger partial charge in [0.1, 0.15) is 11.3 Å². The van der Waals surface area contributed by atoms with Crippen molar-refractivity contribution in [2.75, 3.05) is 19.5 Å². The summed E-state index contributed by atoms with van der Waals surface area (Å²) >= 11 is 1.49. The van der Waals surface area contributed by atoms with Gasteiger partial charge in [0.05, 0.1) is 13.7 Å². The highest BCUT2D eigenvalue weighted by Gasteiger charge is 2.20. The van der Waals surface area contributed by atoms with E-state index in [-0.39, 0.29) is 11.2 Å². The van der Waals surface area contributed by atoms with E-state index in [1.807, 2.05) is 6.92 Å². The van der Waals surface area contributed by atoms with E-state index in [0.717, 1.165) is 12.8 Å². The molecule has 0 aromatic rings. The van der Waals surface area contributed by atoms with E-state index in [9.17, 15) is 9.59 Å². The Morgan fingerprint density at radius 2 is 1.89 bits per heavy atom. The second kappa shape index (κ2) is 10.2. The van der Waals surface area contributed by atoms with Crippen LogP contribution in [0.25, 0.3) is 0 Å². The predicted octanol–water partition coefficient (Wildman–Crippen LogP) is 1.34. The Bertz CT molecular complexity index is 260. The van der Waals surface area contributed by atoms with Crippen molar-refractivity contribution in [1.82, 2.24) is 0 Å². The molecule has 0 aromatic heterocycles. The number of esters is 2. The van der Waals surface area contributed by atoms with E-state index < -0.39 is 12.0 Å². The highest BCUT2D eigenvalue weighted by atomic mass is 32.2. The number of ether oxygens (including phenoxy) is 2. The molecule has 0 bridgehead atoms. The topological polar surface area (TPSA) is 78.6 Å². The van der Waals surface area contributed by atoms with Crippen molar-refractivity contribution in [2.24, 2.45) is 5.73 Å². The van der Waals surface area contributed by atoms with Crippen LogP contribution < -0.4 is 5.73 Å². The zero-order valence-electron chi connectivity index (χ0n) is 11.3. The van der Waals surface area contributed by atoms with Crippen molar-refractivity contribution in [3.05, 3.63) is 0 Å². The van der Waals surface area contributed by atoms with E-state index in [1.54, 1.807) is 6.92 Å². The molecule has 0 aliphatic carbocycles. The molecule has 2 N–H and O–H groups in total. The van der Waals surface area contributed by atoms with Crippen LogP contribution >= 0.6 is 11.8 Å². The van der Waals surface area contributed by atoms with Gasteiger partial charge in [0.2, 0.25) is 0 Å². The van der Waals surface area contributed by atoms with Gasteiger partial charge in [0.25, 0.3) is 0 Å². The molecule has 0 fully saturated rings. The number of hydrogen-bond donors (Lipinski definition) is 1. The lowest BCUT2D eigenvalue weighted by Gasteiger charge is -2.15. The molecule has 2 unspecified atom stereocenters. The summed E-state index contributed by atoms with van der Waals surface area (Å²) in [6, 6.07) is -0.619. The number of rotatable bonds is 9. The van der Waals surface area contributed by atoms with E-state index >= 15 is 0 Å². The largest absolute Gasteiger partial charge is 0.468 e. The molecule has 2 atom stereocenters. The minimum atomic E-state index is -0.619. The van der Waals surface area contributed by atoms with Gasteiger partial charge in [-0.05, 0) is 25.5 Å². The predicted molar refractivity (Wildman–Crippen MR) is 72.4 cm³/mol. The summed E-state index contributed by atoms with van der Waals surface area (Å²) in [7, 11) is 1.31. The van der Waals surface area contributed by atoms with Crippen molar-refractivity contribution in [3.8, 4) is 0 Å². The SMILES string of the molecule is CCCC(SCCC(N)C(=O)OC)C(=O)OCC. The van der Waals surface area contributed by atoms with Crippen LogP contribution in [-0.4, -0.2) is 42.7 Å². The lowest BCUT2D eigenvalue weighted by molar-refractivity contribution is -0.143. The molecular weight excluding hydrogens is 254 g/mol. The average Bonchev–Trinajstić information content (AvgIpc) is 2.36. The van der Waals surface area contributed by atoms with Gasteiger partial charge in [-0.1, -0.05) is 13.3 Å². The molecular formula is C12H23NO4S. The minimum absolute atomic E-state index is 0.167. The Labute approximate surface area is 113 Å². The highest BCUT2D eigenvalue weighted by Crippen LogP contribution is 2.19. The van der Waals surface area contributed by atoms with Gasteiger partial charge in [0, 0.05) is 0 Å². The first-order chi connectivity index (χ1) is 8.56. The zero-order chi connectivity index (χ0) is 14.0. The number of methoxy groups -OCH3 is 1. The van der Waals surface area contributed by atoms with Gasteiger partial charge in [-0.15, -0.1) is 11.8 Å². The molecule has 18 heavy (non-hydrogen) atoms. The van der Waals surface area contributed by atoms with Gasteiger partial charge < -0.3 is 15.2 Å². The van der Waals surface area contributed by atoms with Crippen LogP contribution in [0.4, 0.5) is 0 Å². The Hall–Kier alpha value is -0.750. The summed E-state index contributed by atoms with van der Waals surface area (Å²) in [6.45, 7) is 4.20. The van der Waals surface area contributed by atoms with Crippen molar-refractivity contribution in [2.45, 2.75) is 44.4 Å². The van der Waals surface area contributed by atoms with Crippen LogP contribution in [0.1, 0.15) is 33.1 Å². The number of carbonyl (C=O) groups excluding carboxylic acids is 2. The number of carbonyl (C=O) groups is 2. The summed E-state index contributed by atoms with van der Waals surface area (Å²) < 4.78 is 9.54. The lowest BCUT2D eigenvalue weighted by atomic mass is 10.2. The smallest absolute Gasteiger partial charge is 0.322 e. The first-order valence-electron chi connectivity index (χ1n) is 6.18. The molecule has 0 radical (unpaired) electrons. The fraction of sp³-hybridized carbons (Fsp3) is 0.833. The van der Waals surface area contributed by atoms with Gasteiger partial charge in [-0.3, -0.25) is 9.59 Å². The van der Waals surface area contributed by atoms with Crippen molar-refractivity contribution in [1.29, 1.82) is 0 Å². The number of hydrogen-bond acceptors (Lipinski definition) is 6. The summed E-state index contributed by atoms with van der Waals surface area (Å²) in [5.74, 6) is 0.0366. The van der Waals surface area contributed by atoms with E-state index in [4.69, 9.17) is 10.5 Å². The van der Waals surface area contributed by atoms with E-state index in [0.29, 0.717) is 18.8 Å². The standard InChI is InChI=1S/C12H23NO4S/c1-4-6-10(12(15)17-5-2)18-8-7-9(13)11(14)16-3/h9-10H,4-8,13H2,1-3H3. The molecule has 0 heterocycles. The molecule has 106 valence electrons. The Balaban J connectivity index is 4.03. The van der Waals surface area contributed by atoms with Crippen molar-refractivity contribution in [3.63, 3.8) is 0 Å². The van der Waals surface area contributed by atoms with Gasteiger partial charge in [-0.2, -0.15) is 0 Å². The second-order valence-corrected chi connectivity index (χ2v) is 5.13. The quantitative estimate of drug-likeness (QED) is 0.641. The van der Waals surface area contributed by atoms with Gasteiger partial charge in [-0.25, -0.2) is 0 Å². The lowest BCUT2D eigenvalue weighted by Crippen LogP contribution is -2.32. The Morgan fingerprint density at radius 1 is 1.22 bits per heavy atom. The number of thioether (sulfide) groups is 1. The zero-order valence-corrected chi connectivity index (χ0v) is 12.1. The third-order valence-corrected chi connectivity index (χ3v) is 3.65. The number of nitrogens with two attached hydrogens (primary N) is 1. The van der Waals surface area contributed by atoms with E-state index in [1.165, 1.54) is 18.9 Å². The van der Waals surface area contributed by atoms with Crippen LogP contribution in [0.3, 0.4) is 0 Å². The average molecular weight is 277 g/mol. The summed E-state index contributed by atoms with van der Waals surface area (Å²) in [5.41, 5.74) is 5.62. The highest BCUT2D eigenvalue weighted by molar-refractivity contribution is 8.00. The first-order valence-corrected chi connectivity index (χ1v) is 7.23. The molecule has 0 spiro atoms. The van der Waals surface area contributed by atoms with Crippen LogP contribution in [0.15, 0.2) is 0 Å². The monoisotopic (exact) mass is 277 g/mol. The maximum Gasteiger partial charge on any atom is 0.322 e. The molecule has 0 amide bonds. The van der Waals surface area contributed by atoms with Crippen molar-refractivity contribution >= 4 is 23.7 Å².